The van der Waals surface area contributed by atoms with Gasteiger partial charge in [0.15, 0.2) is 0 Å². The van der Waals surface area contributed by atoms with Crippen LogP contribution in [0, 0.1) is 0 Å². The molecule has 2 N–H and O–H groups in total. The molecule has 2 rings (SSSR count). The molecule has 0 spiro atoms. The average Bonchev–Trinajstić information content (AvgIpc) is 2.35. The summed E-state index contributed by atoms with van der Waals surface area (Å²) in [7, 11) is 0. The second-order valence-electron chi connectivity index (χ2n) is 6.61. The third-order valence-corrected chi connectivity index (χ3v) is 4.41. The van der Waals surface area contributed by atoms with E-state index in [-0.39, 0.29) is 11.1 Å². The molecule has 0 amide bonds. The zero-order valence-electron chi connectivity index (χ0n) is 12.5. The maximum atomic E-state index is 9.59. The summed E-state index contributed by atoms with van der Waals surface area (Å²) in [5.41, 5.74) is 1.50. The molecule has 1 aromatic rings. The molecule has 1 aliphatic rings. The minimum atomic E-state index is 0.139. The van der Waals surface area contributed by atoms with E-state index in [1.807, 2.05) is 12.1 Å². The predicted molar refractivity (Wildman–Crippen MR) is 79.3 cm³/mol. The first-order chi connectivity index (χ1) is 8.85. The quantitative estimate of drug-likeness (QED) is 0.879. The highest BCUT2D eigenvalue weighted by Crippen LogP contribution is 2.27. The van der Waals surface area contributed by atoms with Gasteiger partial charge in [-0.2, -0.15) is 0 Å². The normalized spacial score (nSPS) is 27.4. The number of rotatable bonds is 3. The lowest BCUT2D eigenvalue weighted by Crippen LogP contribution is -2.66. The monoisotopic (exact) mass is 262 g/mol. The smallest absolute Gasteiger partial charge is 0.115 e. The summed E-state index contributed by atoms with van der Waals surface area (Å²) >= 11 is 0. The number of nitrogens with zero attached hydrogens (tertiary/aromatic N) is 1. The molecule has 1 aromatic carbocycles. The molecule has 0 aliphatic carbocycles. The highest BCUT2D eigenvalue weighted by molar-refractivity contribution is 5.27. The summed E-state index contributed by atoms with van der Waals surface area (Å²) < 4.78 is 0. The van der Waals surface area contributed by atoms with E-state index in [4.69, 9.17) is 0 Å². The number of nitrogens with one attached hydrogen (secondary N) is 1. The molecule has 0 aromatic heterocycles. The van der Waals surface area contributed by atoms with E-state index < -0.39 is 0 Å². The van der Waals surface area contributed by atoms with Gasteiger partial charge in [-0.15, -0.1) is 0 Å². The highest BCUT2D eigenvalue weighted by Gasteiger charge is 2.38. The molecular formula is C16H26N2O. The van der Waals surface area contributed by atoms with Gasteiger partial charge in [0.2, 0.25) is 0 Å². The lowest BCUT2D eigenvalue weighted by atomic mass is 9.88. The molecule has 1 fully saturated rings. The van der Waals surface area contributed by atoms with Gasteiger partial charge in [-0.3, -0.25) is 4.90 Å². The molecule has 1 unspecified atom stereocenters. The Bertz CT molecular complexity index is 444. The fourth-order valence-corrected chi connectivity index (χ4v) is 2.61. The van der Waals surface area contributed by atoms with Gasteiger partial charge in [0, 0.05) is 30.7 Å². The molecule has 1 aliphatic heterocycles. The van der Waals surface area contributed by atoms with Gasteiger partial charge in [-0.05, 0) is 44.9 Å². The molecule has 1 atom stereocenters. The van der Waals surface area contributed by atoms with Crippen molar-refractivity contribution < 1.29 is 5.11 Å². The minimum absolute atomic E-state index is 0.139. The van der Waals surface area contributed by atoms with Crippen molar-refractivity contribution in [2.75, 3.05) is 13.1 Å². The third-order valence-electron chi connectivity index (χ3n) is 4.41. The van der Waals surface area contributed by atoms with Crippen molar-refractivity contribution in [2.45, 2.75) is 51.7 Å². The average molecular weight is 262 g/mol. The Kier molecular flexibility index (Phi) is 3.88. The number of phenols is 1. The van der Waals surface area contributed by atoms with Crippen molar-refractivity contribution in [1.29, 1.82) is 0 Å². The minimum Gasteiger partial charge on any atom is -0.508 e. The summed E-state index contributed by atoms with van der Waals surface area (Å²) in [4.78, 5) is 2.52. The predicted octanol–water partition coefficient (Wildman–Crippen LogP) is 2.74. The molecule has 1 saturated heterocycles. The molecule has 3 heteroatoms. The Labute approximate surface area is 116 Å². The van der Waals surface area contributed by atoms with Gasteiger partial charge < -0.3 is 10.4 Å². The van der Waals surface area contributed by atoms with E-state index in [1.54, 1.807) is 6.07 Å². The largest absolute Gasteiger partial charge is 0.508 e. The first-order valence-corrected chi connectivity index (χ1v) is 7.13. The standard InChI is InChI=1S/C16H26N2O/c1-5-16(4)12-18(15(2,3)11-17-16)10-13-7-6-8-14(19)9-13/h6-9,17,19H,5,10-12H2,1-4H3. The first-order valence-electron chi connectivity index (χ1n) is 7.13. The highest BCUT2D eigenvalue weighted by atomic mass is 16.3. The molecule has 0 bridgehead atoms. The summed E-state index contributed by atoms with van der Waals surface area (Å²) in [6, 6.07) is 7.59. The van der Waals surface area contributed by atoms with Crippen LogP contribution in [-0.2, 0) is 6.54 Å². The lowest BCUT2D eigenvalue weighted by Gasteiger charge is -2.50. The summed E-state index contributed by atoms with van der Waals surface area (Å²) in [5.74, 6) is 0.351. The zero-order chi connectivity index (χ0) is 14.1. The van der Waals surface area contributed by atoms with Crippen LogP contribution in [0.5, 0.6) is 5.75 Å². The van der Waals surface area contributed by atoms with Crippen LogP contribution in [0.4, 0.5) is 0 Å². The van der Waals surface area contributed by atoms with E-state index >= 15 is 0 Å². The molecule has 19 heavy (non-hydrogen) atoms. The van der Waals surface area contributed by atoms with Gasteiger partial charge in [0.05, 0.1) is 0 Å². The Morgan fingerprint density at radius 3 is 2.68 bits per heavy atom. The van der Waals surface area contributed by atoms with Crippen molar-refractivity contribution in [3.63, 3.8) is 0 Å². The Morgan fingerprint density at radius 2 is 2.05 bits per heavy atom. The van der Waals surface area contributed by atoms with E-state index in [9.17, 15) is 5.11 Å². The van der Waals surface area contributed by atoms with E-state index in [2.05, 4.69) is 44.0 Å². The summed E-state index contributed by atoms with van der Waals surface area (Å²) in [5, 5.41) is 13.3. The van der Waals surface area contributed by atoms with Crippen molar-refractivity contribution >= 4 is 0 Å². The Hall–Kier alpha value is -1.06. The number of hydrogen-bond donors (Lipinski definition) is 2. The lowest BCUT2D eigenvalue weighted by molar-refractivity contribution is 0.0245. The number of hydrogen-bond acceptors (Lipinski definition) is 3. The van der Waals surface area contributed by atoms with Crippen LogP contribution < -0.4 is 5.32 Å². The van der Waals surface area contributed by atoms with Gasteiger partial charge >= 0.3 is 0 Å². The Balaban J connectivity index is 2.16. The van der Waals surface area contributed by atoms with E-state index in [0.717, 1.165) is 26.1 Å². The SMILES string of the molecule is CCC1(C)CN(Cc2cccc(O)c2)C(C)(C)CN1. The van der Waals surface area contributed by atoms with E-state index in [1.165, 1.54) is 5.56 Å². The maximum absolute atomic E-state index is 9.59. The number of phenolic OH excluding ortho intramolecular Hbond substituents is 1. The molecule has 106 valence electrons. The topological polar surface area (TPSA) is 35.5 Å². The summed E-state index contributed by atoms with van der Waals surface area (Å²) in [6.45, 7) is 12.0. The van der Waals surface area contributed by atoms with Crippen molar-refractivity contribution in [1.82, 2.24) is 10.2 Å². The van der Waals surface area contributed by atoms with E-state index in [0.29, 0.717) is 5.75 Å². The van der Waals surface area contributed by atoms with Gasteiger partial charge in [-0.25, -0.2) is 0 Å². The molecule has 1 heterocycles. The van der Waals surface area contributed by atoms with Crippen LogP contribution in [0.2, 0.25) is 0 Å². The summed E-state index contributed by atoms with van der Waals surface area (Å²) in [6.07, 6.45) is 1.12. The van der Waals surface area contributed by atoms with Crippen molar-refractivity contribution in [3.05, 3.63) is 29.8 Å². The fraction of sp³-hybridized carbons (Fsp3) is 0.625. The molecule has 3 nitrogen and oxygen atoms in total. The van der Waals surface area contributed by atoms with Crippen molar-refractivity contribution in [3.8, 4) is 5.75 Å². The van der Waals surface area contributed by atoms with Gasteiger partial charge in [0.1, 0.15) is 5.75 Å². The fourth-order valence-electron chi connectivity index (χ4n) is 2.61. The first kappa shape index (κ1) is 14.4. The Morgan fingerprint density at radius 1 is 1.32 bits per heavy atom. The van der Waals surface area contributed by atoms with Crippen molar-refractivity contribution in [2.24, 2.45) is 0 Å². The maximum Gasteiger partial charge on any atom is 0.115 e. The van der Waals surface area contributed by atoms with Crippen LogP contribution in [-0.4, -0.2) is 34.2 Å². The number of piperazine rings is 1. The van der Waals surface area contributed by atoms with Crippen LogP contribution >= 0.6 is 0 Å². The molecule has 0 radical (unpaired) electrons. The van der Waals surface area contributed by atoms with Crippen LogP contribution in [0.15, 0.2) is 24.3 Å². The number of aromatic hydroxyl groups is 1. The van der Waals surface area contributed by atoms with Gasteiger partial charge in [-0.1, -0.05) is 19.1 Å². The second kappa shape index (κ2) is 5.14. The van der Waals surface area contributed by atoms with Crippen LogP contribution in [0.1, 0.15) is 39.7 Å². The van der Waals surface area contributed by atoms with Crippen LogP contribution in [0.3, 0.4) is 0 Å². The van der Waals surface area contributed by atoms with Gasteiger partial charge in [0.25, 0.3) is 0 Å². The molecular weight excluding hydrogens is 236 g/mol. The third kappa shape index (κ3) is 3.28. The zero-order valence-corrected chi connectivity index (χ0v) is 12.5. The van der Waals surface area contributed by atoms with Crippen LogP contribution in [0.25, 0.3) is 0 Å². The second-order valence-corrected chi connectivity index (χ2v) is 6.61. The molecule has 0 saturated carbocycles. The number of benzene rings is 1.